The van der Waals surface area contributed by atoms with Gasteiger partial charge in [-0.25, -0.2) is 0 Å². The van der Waals surface area contributed by atoms with E-state index >= 15 is 0 Å². The van der Waals surface area contributed by atoms with Gasteiger partial charge < -0.3 is 20.1 Å². The van der Waals surface area contributed by atoms with Crippen LogP contribution in [0.25, 0.3) is 0 Å². The highest BCUT2D eigenvalue weighted by atomic mass is 35.5. The number of hydrogen-bond donors (Lipinski definition) is 2. The highest BCUT2D eigenvalue weighted by molar-refractivity contribution is 6.32. The predicted octanol–water partition coefficient (Wildman–Crippen LogP) is 2.84. The Bertz CT molecular complexity index is 448. The average Bonchev–Trinajstić information content (AvgIpc) is 2.51. The molecule has 1 saturated heterocycles. The Labute approximate surface area is 132 Å². The lowest BCUT2D eigenvalue weighted by Crippen LogP contribution is -2.33. The quantitative estimate of drug-likeness (QED) is 0.812. The van der Waals surface area contributed by atoms with E-state index in [1.54, 1.807) is 7.11 Å². The van der Waals surface area contributed by atoms with E-state index in [-0.39, 0.29) is 0 Å². The fourth-order valence-electron chi connectivity index (χ4n) is 2.67. The Morgan fingerprint density at radius 3 is 2.76 bits per heavy atom. The summed E-state index contributed by atoms with van der Waals surface area (Å²) in [4.78, 5) is 0. The summed E-state index contributed by atoms with van der Waals surface area (Å²) in [7, 11) is 1.64. The van der Waals surface area contributed by atoms with Gasteiger partial charge in [-0.15, -0.1) is 0 Å². The van der Waals surface area contributed by atoms with Crippen LogP contribution in [0.2, 0.25) is 5.02 Å². The zero-order valence-electron chi connectivity index (χ0n) is 12.9. The molecule has 0 amide bonds. The molecule has 1 aromatic rings. The van der Waals surface area contributed by atoms with Crippen LogP contribution in [0.5, 0.6) is 11.5 Å². The van der Waals surface area contributed by atoms with Crippen LogP contribution in [0.1, 0.15) is 25.3 Å². The fourth-order valence-corrected chi connectivity index (χ4v) is 2.95. The summed E-state index contributed by atoms with van der Waals surface area (Å²) in [5, 5.41) is 7.51. The number of benzene rings is 1. The van der Waals surface area contributed by atoms with Gasteiger partial charge in [0.1, 0.15) is 0 Å². The Morgan fingerprint density at radius 1 is 1.33 bits per heavy atom. The number of rotatable bonds is 7. The molecule has 0 atom stereocenters. The van der Waals surface area contributed by atoms with Crippen molar-refractivity contribution < 1.29 is 9.47 Å². The van der Waals surface area contributed by atoms with Gasteiger partial charge in [0, 0.05) is 6.54 Å². The van der Waals surface area contributed by atoms with Crippen molar-refractivity contribution in [1.29, 1.82) is 0 Å². The minimum atomic E-state index is 0.573. The number of halogens is 1. The Hall–Kier alpha value is -0.970. The van der Waals surface area contributed by atoms with Crippen molar-refractivity contribution in [1.82, 2.24) is 10.6 Å². The largest absolute Gasteiger partial charge is 0.493 e. The molecule has 0 unspecified atom stereocenters. The lowest BCUT2D eigenvalue weighted by molar-refractivity contribution is 0.310. The van der Waals surface area contributed by atoms with E-state index in [9.17, 15) is 0 Å². The first-order valence-corrected chi connectivity index (χ1v) is 8.03. The van der Waals surface area contributed by atoms with Gasteiger partial charge in [0.15, 0.2) is 11.5 Å². The van der Waals surface area contributed by atoms with Gasteiger partial charge >= 0.3 is 0 Å². The van der Waals surface area contributed by atoms with Crippen molar-refractivity contribution >= 4 is 11.6 Å². The van der Waals surface area contributed by atoms with Crippen molar-refractivity contribution in [2.45, 2.75) is 26.3 Å². The molecule has 0 saturated carbocycles. The maximum absolute atomic E-state index is 6.28. The maximum Gasteiger partial charge on any atom is 0.179 e. The van der Waals surface area contributed by atoms with Gasteiger partial charge in [-0.05, 0) is 63.0 Å². The van der Waals surface area contributed by atoms with E-state index in [1.165, 1.54) is 12.8 Å². The second kappa shape index (κ2) is 8.47. The molecule has 0 bridgehead atoms. The molecule has 21 heavy (non-hydrogen) atoms. The van der Waals surface area contributed by atoms with E-state index in [1.807, 2.05) is 19.1 Å². The minimum Gasteiger partial charge on any atom is -0.493 e. The van der Waals surface area contributed by atoms with E-state index in [2.05, 4.69) is 10.6 Å². The van der Waals surface area contributed by atoms with Crippen molar-refractivity contribution in [3.05, 3.63) is 22.7 Å². The van der Waals surface area contributed by atoms with E-state index in [0.29, 0.717) is 23.1 Å². The monoisotopic (exact) mass is 312 g/mol. The first-order chi connectivity index (χ1) is 10.2. The van der Waals surface area contributed by atoms with Crippen LogP contribution in [0.15, 0.2) is 12.1 Å². The molecular formula is C16H25ClN2O2. The van der Waals surface area contributed by atoms with Crippen LogP contribution >= 0.6 is 11.6 Å². The van der Waals surface area contributed by atoms with Crippen LogP contribution in [-0.2, 0) is 6.54 Å². The number of ether oxygens (including phenoxy) is 2. The van der Waals surface area contributed by atoms with Crippen LogP contribution in [0.4, 0.5) is 0 Å². The van der Waals surface area contributed by atoms with Crippen molar-refractivity contribution in [3.8, 4) is 11.5 Å². The summed E-state index contributed by atoms with van der Waals surface area (Å²) in [6, 6.07) is 3.94. The van der Waals surface area contributed by atoms with E-state index in [4.69, 9.17) is 21.1 Å². The molecule has 1 aromatic carbocycles. The molecule has 5 heteroatoms. The zero-order chi connectivity index (χ0) is 15.1. The highest BCUT2D eigenvalue weighted by Gasteiger charge is 2.14. The second-order valence-corrected chi connectivity index (χ2v) is 5.77. The maximum atomic E-state index is 6.28. The third-order valence-electron chi connectivity index (χ3n) is 3.80. The lowest BCUT2D eigenvalue weighted by atomic mass is 9.98. The molecule has 1 aliphatic heterocycles. The summed E-state index contributed by atoms with van der Waals surface area (Å²) in [5.41, 5.74) is 1.12. The lowest BCUT2D eigenvalue weighted by Gasteiger charge is -2.23. The van der Waals surface area contributed by atoms with Crippen LogP contribution in [-0.4, -0.2) is 33.4 Å². The summed E-state index contributed by atoms with van der Waals surface area (Å²) in [5.74, 6) is 2.10. The molecule has 0 radical (unpaired) electrons. The van der Waals surface area contributed by atoms with E-state index < -0.39 is 0 Å². The molecular weight excluding hydrogens is 288 g/mol. The van der Waals surface area contributed by atoms with Crippen LogP contribution in [0.3, 0.4) is 0 Å². The number of nitrogens with one attached hydrogen (secondary N) is 2. The normalized spacial score (nSPS) is 16.0. The molecule has 2 N–H and O–H groups in total. The Kier molecular flexibility index (Phi) is 6.61. The standard InChI is InChI=1S/C16H25ClN2O2/c1-3-21-16-14(17)8-13(9-15(16)20-2)11-19-10-12-4-6-18-7-5-12/h8-9,12,18-19H,3-7,10-11H2,1-2H3. The third kappa shape index (κ3) is 4.77. The fraction of sp³-hybridized carbons (Fsp3) is 0.625. The molecule has 1 aliphatic rings. The Balaban J connectivity index is 1.92. The summed E-state index contributed by atoms with van der Waals surface area (Å²) >= 11 is 6.28. The molecule has 0 spiro atoms. The van der Waals surface area contributed by atoms with Gasteiger partial charge in [0.2, 0.25) is 0 Å². The SMILES string of the molecule is CCOc1c(Cl)cc(CNCC2CCNCC2)cc1OC. The molecule has 1 heterocycles. The van der Waals surface area contributed by atoms with E-state index in [0.717, 1.165) is 37.7 Å². The molecule has 2 rings (SSSR count). The molecule has 1 fully saturated rings. The van der Waals surface area contributed by atoms with Crippen molar-refractivity contribution in [3.63, 3.8) is 0 Å². The number of piperidine rings is 1. The highest BCUT2D eigenvalue weighted by Crippen LogP contribution is 2.36. The van der Waals surface area contributed by atoms with Gasteiger partial charge in [0.05, 0.1) is 18.7 Å². The summed E-state index contributed by atoms with van der Waals surface area (Å²) in [6.45, 7) is 6.62. The summed E-state index contributed by atoms with van der Waals surface area (Å²) in [6.07, 6.45) is 2.50. The van der Waals surface area contributed by atoms with Crippen molar-refractivity contribution in [2.75, 3.05) is 33.4 Å². The molecule has 0 aliphatic carbocycles. The summed E-state index contributed by atoms with van der Waals surface area (Å²) < 4.78 is 10.9. The predicted molar refractivity (Wildman–Crippen MR) is 86.5 cm³/mol. The topological polar surface area (TPSA) is 42.5 Å². The molecule has 0 aromatic heterocycles. The second-order valence-electron chi connectivity index (χ2n) is 5.37. The smallest absolute Gasteiger partial charge is 0.179 e. The first-order valence-electron chi connectivity index (χ1n) is 7.65. The van der Waals surface area contributed by atoms with Crippen molar-refractivity contribution in [2.24, 2.45) is 5.92 Å². The van der Waals surface area contributed by atoms with Gasteiger partial charge in [-0.1, -0.05) is 11.6 Å². The zero-order valence-corrected chi connectivity index (χ0v) is 13.6. The van der Waals surface area contributed by atoms with Gasteiger partial charge in [-0.2, -0.15) is 0 Å². The van der Waals surface area contributed by atoms with Crippen LogP contribution in [0, 0.1) is 5.92 Å². The average molecular weight is 313 g/mol. The third-order valence-corrected chi connectivity index (χ3v) is 4.08. The first kappa shape index (κ1) is 16.4. The molecule has 4 nitrogen and oxygen atoms in total. The number of hydrogen-bond acceptors (Lipinski definition) is 4. The van der Waals surface area contributed by atoms with Gasteiger partial charge in [0.25, 0.3) is 0 Å². The minimum absolute atomic E-state index is 0.573. The molecule has 118 valence electrons. The van der Waals surface area contributed by atoms with Crippen LogP contribution < -0.4 is 20.1 Å². The Morgan fingerprint density at radius 2 is 2.10 bits per heavy atom. The van der Waals surface area contributed by atoms with Gasteiger partial charge in [-0.3, -0.25) is 0 Å². The number of methoxy groups -OCH3 is 1.